The van der Waals surface area contributed by atoms with Crippen LogP contribution in [0.15, 0.2) is 35.0 Å². The summed E-state index contributed by atoms with van der Waals surface area (Å²) >= 11 is 0. The lowest BCUT2D eigenvalue weighted by atomic mass is 10.2. The molecule has 0 saturated carbocycles. The topological polar surface area (TPSA) is 97.4 Å². The maximum Gasteiger partial charge on any atom is 0.327 e. The highest BCUT2D eigenvalue weighted by atomic mass is 16.4. The molecule has 0 saturated heterocycles. The second-order valence-corrected chi connectivity index (χ2v) is 4.24. The summed E-state index contributed by atoms with van der Waals surface area (Å²) in [5, 5.41) is 15.3. The molecule has 1 atom stereocenters. The quantitative estimate of drug-likeness (QED) is 0.763. The van der Waals surface area contributed by atoms with Crippen LogP contribution in [0.4, 0.5) is 0 Å². The van der Waals surface area contributed by atoms with Crippen molar-refractivity contribution in [2.24, 2.45) is 0 Å². The van der Waals surface area contributed by atoms with E-state index in [9.17, 15) is 9.59 Å². The second-order valence-electron chi connectivity index (χ2n) is 4.24. The van der Waals surface area contributed by atoms with Gasteiger partial charge in [-0.15, -0.1) is 12.3 Å². The van der Waals surface area contributed by atoms with Crippen molar-refractivity contribution in [3.63, 3.8) is 0 Å². The molecule has 108 valence electrons. The molecule has 0 aliphatic heterocycles. The molecular weight excluding hydrogens is 274 g/mol. The van der Waals surface area contributed by atoms with Crippen molar-refractivity contribution in [2.45, 2.75) is 19.0 Å². The molecule has 7 nitrogen and oxygen atoms in total. The summed E-state index contributed by atoms with van der Waals surface area (Å²) in [6.45, 7) is 0.382. The number of carbonyl (C=O) groups is 2. The molecule has 2 rings (SSSR count). The van der Waals surface area contributed by atoms with E-state index in [0.717, 1.165) is 0 Å². The van der Waals surface area contributed by atoms with Crippen molar-refractivity contribution in [1.29, 1.82) is 0 Å². The van der Waals surface area contributed by atoms with E-state index in [-0.39, 0.29) is 12.2 Å². The molecule has 0 aliphatic rings. The Morgan fingerprint density at radius 1 is 1.52 bits per heavy atom. The zero-order chi connectivity index (χ0) is 15.2. The Hall–Kier alpha value is -3.01. The summed E-state index contributed by atoms with van der Waals surface area (Å²) in [4.78, 5) is 22.8. The smallest absolute Gasteiger partial charge is 0.327 e. The minimum Gasteiger partial charge on any atom is -0.480 e. The first-order valence-corrected chi connectivity index (χ1v) is 6.13. The van der Waals surface area contributed by atoms with Crippen molar-refractivity contribution in [3.8, 4) is 12.3 Å². The summed E-state index contributed by atoms with van der Waals surface area (Å²) in [6, 6.07) is 3.74. The van der Waals surface area contributed by atoms with Crippen LogP contribution in [0.25, 0.3) is 0 Å². The molecule has 0 aromatic carbocycles. The third kappa shape index (κ3) is 3.73. The van der Waals surface area contributed by atoms with E-state index in [1.807, 2.05) is 0 Å². The SMILES string of the molecule is C#CCC(NC(=O)c1ccc(Cn2cccn2)o1)C(=O)O. The largest absolute Gasteiger partial charge is 0.480 e. The number of rotatable bonds is 6. The number of aliphatic carboxylic acids is 1. The number of nitrogens with one attached hydrogen (secondary N) is 1. The van der Waals surface area contributed by atoms with Crippen LogP contribution in [0.3, 0.4) is 0 Å². The van der Waals surface area contributed by atoms with Gasteiger partial charge in [0, 0.05) is 18.8 Å². The summed E-state index contributed by atoms with van der Waals surface area (Å²) < 4.78 is 7.00. The molecule has 1 amide bonds. The summed E-state index contributed by atoms with van der Waals surface area (Å²) in [5.41, 5.74) is 0. The van der Waals surface area contributed by atoms with Crippen LogP contribution in [-0.2, 0) is 11.3 Å². The monoisotopic (exact) mass is 287 g/mol. The summed E-state index contributed by atoms with van der Waals surface area (Å²) in [7, 11) is 0. The van der Waals surface area contributed by atoms with E-state index in [0.29, 0.717) is 12.3 Å². The van der Waals surface area contributed by atoms with Crippen LogP contribution in [-0.4, -0.2) is 32.8 Å². The number of terminal acetylenes is 1. The fourth-order valence-electron chi connectivity index (χ4n) is 1.69. The standard InChI is InChI=1S/C14H13N3O4/c1-2-4-11(14(19)20)16-13(18)12-6-5-10(21-12)9-17-8-3-7-15-17/h1,3,5-8,11H,4,9H2,(H,16,18)(H,19,20). The number of carboxylic acid groups (broad SMARTS) is 1. The Labute approximate surface area is 120 Å². The molecule has 7 heteroatoms. The Balaban J connectivity index is 2.01. The first kappa shape index (κ1) is 14.4. The second kappa shape index (κ2) is 6.43. The predicted octanol–water partition coefficient (Wildman–Crippen LogP) is 0.731. The molecular formula is C14H13N3O4. The van der Waals surface area contributed by atoms with Crippen LogP contribution in [0.5, 0.6) is 0 Å². The zero-order valence-corrected chi connectivity index (χ0v) is 11.0. The molecule has 0 radical (unpaired) electrons. The molecule has 21 heavy (non-hydrogen) atoms. The Morgan fingerprint density at radius 2 is 2.33 bits per heavy atom. The van der Waals surface area contributed by atoms with Gasteiger partial charge in [-0.05, 0) is 18.2 Å². The van der Waals surface area contributed by atoms with Crippen molar-refractivity contribution in [1.82, 2.24) is 15.1 Å². The number of amides is 1. The van der Waals surface area contributed by atoms with Gasteiger partial charge in [0.05, 0.1) is 6.54 Å². The Kier molecular flexibility index (Phi) is 4.41. The number of hydrogen-bond acceptors (Lipinski definition) is 4. The van der Waals surface area contributed by atoms with Gasteiger partial charge in [-0.2, -0.15) is 5.10 Å². The molecule has 0 spiro atoms. The van der Waals surface area contributed by atoms with Crippen molar-refractivity contribution in [3.05, 3.63) is 42.1 Å². The lowest BCUT2D eigenvalue weighted by Crippen LogP contribution is -2.40. The van der Waals surface area contributed by atoms with Crippen LogP contribution in [0, 0.1) is 12.3 Å². The van der Waals surface area contributed by atoms with E-state index in [1.165, 1.54) is 6.07 Å². The van der Waals surface area contributed by atoms with Crippen LogP contribution in [0.1, 0.15) is 22.7 Å². The van der Waals surface area contributed by atoms with Crippen LogP contribution in [0.2, 0.25) is 0 Å². The fraction of sp³-hybridized carbons (Fsp3) is 0.214. The minimum atomic E-state index is -1.19. The van der Waals surface area contributed by atoms with Gasteiger partial charge in [0.15, 0.2) is 5.76 Å². The number of hydrogen-bond donors (Lipinski definition) is 2. The van der Waals surface area contributed by atoms with Gasteiger partial charge in [0.1, 0.15) is 11.8 Å². The average Bonchev–Trinajstić information content (AvgIpc) is 3.10. The van der Waals surface area contributed by atoms with Gasteiger partial charge in [0.25, 0.3) is 5.91 Å². The van der Waals surface area contributed by atoms with Crippen LogP contribution >= 0.6 is 0 Å². The first-order chi connectivity index (χ1) is 10.1. The van der Waals surface area contributed by atoms with Gasteiger partial charge in [-0.3, -0.25) is 9.48 Å². The van der Waals surface area contributed by atoms with E-state index in [2.05, 4.69) is 16.3 Å². The highest BCUT2D eigenvalue weighted by Crippen LogP contribution is 2.10. The number of carbonyl (C=O) groups excluding carboxylic acids is 1. The highest BCUT2D eigenvalue weighted by Gasteiger charge is 2.21. The van der Waals surface area contributed by atoms with E-state index in [1.54, 1.807) is 29.2 Å². The molecule has 1 unspecified atom stereocenters. The zero-order valence-electron chi connectivity index (χ0n) is 11.0. The molecule has 0 fully saturated rings. The number of furan rings is 1. The number of carboxylic acids is 1. The summed E-state index contributed by atoms with van der Waals surface area (Å²) in [5.74, 6) is 0.955. The fourth-order valence-corrected chi connectivity index (χ4v) is 1.69. The number of nitrogens with zero attached hydrogens (tertiary/aromatic N) is 2. The first-order valence-electron chi connectivity index (χ1n) is 6.13. The third-order valence-electron chi connectivity index (χ3n) is 2.69. The minimum absolute atomic E-state index is 0.0282. The molecule has 0 aliphatic carbocycles. The van der Waals surface area contributed by atoms with Crippen molar-refractivity contribution >= 4 is 11.9 Å². The third-order valence-corrected chi connectivity index (χ3v) is 2.69. The number of aromatic nitrogens is 2. The summed E-state index contributed by atoms with van der Waals surface area (Å²) in [6.07, 6.45) is 8.36. The molecule has 0 bridgehead atoms. The van der Waals surface area contributed by atoms with Gasteiger partial charge in [-0.25, -0.2) is 4.79 Å². The predicted molar refractivity (Wildman–Crippen MR) is 72.4 cm³/mol. The van der Waals surface area contributed by atoms with Gasteiger partial charge >= 0.3 is 5.97 Å². The Morgan fingerprint density at radius 3 is 2.95 bits per heavy atom. The maximum absolute atomic E-state index is 11.9. The normalized spacial score (nSPS) is 11.6. The lowest BCUT2D eigenvalue weighted by molar-refractivity contribution is -0.139. The lowest BCUT2D eigenvalue weighted by Gasteiger charge is -2.10. The maximum atomic E-state index is 11.9. The average molecular weight is 287 g/mol. The molecule has 2 aromatic heterocycles. The van der Waals surface area contributed by atoms with Crippen molar-refractivity contribution in [2.75, 3.05) is 0 Å². The van der Waals surface area contributed by atoms with Crippen LogP contribution < -0.4 is 5.32 Å². The highest BCUT2D eigenvalue weighted by molar-refractivity contribution is 5.94. The van der Waals surface area contributed by atoms with Gasteiger partial charge < -0.3 is 14.8 Å². The molecule has 2 N–H and O–H groups in total. The van der Waals surface area contributed by atoms with E-state index < -0.39 is 17.9 Å². The molecule has 2 aromatic rings. The Bertz CT molecular complexity index is 667. The van der Waals surface area contributed by atoms with E-state index in [4.69, 9.17) is 15.9 Å². The van der Waals surface area contributed by atoms with Crippen molar-refractivity contribution < 1.29 is 19.1 Å². The van der Waals surface area contributed by atoms with Gasteiger partial charge in [-0.1, -0.05) is 0 Å². The molecule has 2 heterocycles. The van der Waals surface area contributed by atoms with E-state index >= 15 is 0 Å². The van der Waals surface area contributed by atoms with Gasteiger partial charge in [0.2, 0.25) is 0 Å².